The predicted molar refractivity (Wildman–Crippen MR) is 83.0 cm³/mol. The van der Waals surface area contributed by atoms with Gasteiger partial charge in [-0.3, -0.25) is 9.69 Å². The summed E-state index contributed by atoms with van der Waals surface area (Å²) >= 11 is 0. The molecule has 0 amide bonds. The van der Waals surface area contributed by atoms with E-state index < -0.39 is 0 Å². The van der Waals surface area contributed by atoms with Crippen LogP contribution >= 0.6 is 0 Å². The highest BCUT2D eigenvalue weighted by Gasteiger charge is 2.15. The van der Waals surface area contributed by atoms with Crippen LogP contribution in [0.4, 0.5) is 0 Å². The Morgan fingerprint density at radius 3 is 2.30 bits per heavy atom. The Balaban J connectivity index is 1.93. The van der Waals surface area contributed by atoms with Crippen LogP contribution in [0.2, 0.25) is 0 Å². The predicted octanol–water partition coefficient (Wildman–Crippen LogP) is 2.66. The van der Waals surface area contributed by atoms with E-state index in [4.69, 9.17) is 0 Å². The minimum absolute atomic E-state index is 0.124. The van der Waals surface area contributed by atoms with E-state index in [1.54, 1.807) is 0 Å². The molecule has 1 atom stereocenters. The number of ketones is 1. The van der Waals surface area contributed by atoms with Gasteiger partial charge in [-0.05, 0) is 19.0 Å². The maximum atomic E-state index is 12.1. The highest BCUT2D eigenvalue weighted by atomic mass is 16.1. The Labute approximate surface area is 122 Å². The molecule has 1 aliphatic heterocycles. The molecule has 1 saturated heterocycles. The molecule has 0 aromatic heterocycles. The first-order valence-corrected chi connectivity index (χ1v) is 7.64. The van der Waals surface area contributed by atoms with Crippen molar-refractivity contribution in [1.29, 1.82) is 0 Å². The van der Waals surface area contributed by atoms with E-state index in [-0.39, 0.29) is 11.7 Å². The summed E-state index contributed by atoms with van der Waals surface area (Å²) in [7, 11) is 2.17. The molecule has 1 aromatic rings. The van der Waals surface area contributed by atoms with Gasteiger partial charge in [0.05, 0.1) is 0 Å². The second-order valence-electron chi connectivity index (χ2n) is 5.95. The molecule has 0 N–H and O–H groups in total. The molecule has 110 valence electrons. The fraction of sp³-hybridized carbons (Fsp3) is 0.588. The van der Waals surface area contributed by atoms with E-state index in [1.807, 2.05) is 19.1 Å². The molecule has 2 rings (SSSR count). The first kappa shape index (κ1) is 15.2. The van der Waals surface area contributed by atoms with Gasteiger partial charge in [0.1, 0.15) is 0 Å². The highest BCUT2D eigenvalue weighted by Crippen LogP contribution is 2.14. The van der Waals surface area contributed by atoms with Gasteiger partial charge in [0, 0.05) is 44.2 Å². The normalized spacial score (nSPS) is 18.9. The topological polar surface area (TPSA) is 23.6 Å². The lowest BCUT2D eigenvalue weighted by Gasteiger charge is -2.32. The van der Waals surface area contributed by atoms with Crippen LogP contribution in [0.15, 0.2) is 24.3 Å². The Kier molecular flexibility index (Phi) is 5.32. The van der Waals surface area contributed by atoms with Crippen LogP contribution in [0.1, 0.15) is 36.2 Å². The Morgan fingerprint density at radius 2 is 1.75 bits per heavy atom. The Hall–Kier alpha value is -1.19. The number of Topliss-reactive ketones (excluding diaryl/α,β-unsaturated/α-hetero) is 1. The van der Waals surface area contributed by atoms with Gasteiger partial charge in [-0.2, -0.15) is 0 Å². The van der Waals surface area contributed by atoms with Crippen molar-refractivity contribution in [3.05, 3.63) is 35.4 Å². The summed E-state index contributed by atoms with van der Waals surface area (Å²) in [6.07, 6.45) is 0.905. The number of carbonyl (C=O) groups is 1. The number of piperazine rings is 1. The summed E-state index contributed by atoms with van der Waals surface area (Å²) in [6.45, 7) is 9.60. The maximum absolute atomic E-state index is 12.1. The summed E-state index contributed by atoms with van der Waals surface area (Å²) in [5, 5.41) is 0. The van der Waals surface area contributed by atoms with E-state index >= 15 is 0 Å². The van der Waals surface area contributed by atoms with Gasteiger partial charge in [-0.25, -0.2) is 0 Å². The highest BCUT2D eigenvalue weighted by molar-refractivity contribution is 5.97. The lowest BCUT2D eigenvalue weighted by atomic mass is 9.96. The number of likely N-dealkylation sites (N-methyl/N-ethyl adjacent to an activating group) is 1. The van der Waals surface area contributed by atoms with E-state index in [2.05, 4.69) is 35.9 Å². The molecule has 3 heteroatoms. The lowest BCUT2D eigenvalue weighted by molar-refractivity contribution is 0.0927. The number of nitrogens with zero attached hydrogens (tertiary/aromatic N) is 2. The molecule has 1 aliphatic rings. The van der Waals surface area contributed by atoms with Crippen LogP contribution in [-0.2, 0) is 6.54 Å². The summed E-state index contributed by atoms with van der Waals surface area (Å²) in [6, 6.07) is 8.18. The molecule has 0 aliphatic carbocycles. The van der Waals surface area contributed by atoms with E-state index in [1.165, 1.54) is 5.56 Å². The number of hydrogen-bond donors (Lipinski definition) is 0. The monoisotopic (exact) mass is 274 g/mol. The van der Waals surface area contributed by atoms with Crippen LogP contribution in [0, 0.1) is 5.92 Å². The second-order valence-corrected chi connectivity index (χ2v) is 5.95. The molecule has 20 heavy (non-hydrogen) atoms. The molecule has 1 heterocycles. The number of hydrogen-bond acceptors (Lipinski definition) is 3. The third kappa shape index (κ3) is 3.90. The van der Waals surface area contributed by atoms with Gasteiger partial charge in [0.2, 0.25) is 0 Å². The van der Waals surface area contributed by atoms with Crippen LogP contribution in [0.25, 0.3) is 0 Å². The average Bonchev–Trinajstić information content (AvgIpc) is 2.49. The van der Waals surface area contributed by atoms with Crippen molar-refractivity contribution in [2.75, 3.05) is 33.2 Å². The third-order valence-electron chi connectivity index (χ3n) is 4.30. The van der Waals surface area contributed by atoms with Crippen LogP contribution in [-0.4, -0.2) is 48.8 Å². The summed E-state index contributed by atoms with van der Waals surface area (Å²) in [5.74, 6) is 0.386. The van der Waals surface area contributed by atoms with Crippen molar-refractivity contribution >= 4 is 5.78 Å². The van der Waals surface area contributed by atoms with Crippen molar-refractivity contribution in [2.24, 2.45) is 5.92 Å². The molecular formula is C17H26N2O. The minimum atomic E-state index is 0.124. The molecule has 0 bridgehead atoms. The number of rotatable bonds is 5. The molecule has 1 aromatic carbocycles. The van der Waals surface area contributed by atoms with Crippen molar-refractivity contribution in [1.82, 2.24) is 9.80 Å². The first-order chi connectivity index (χ1) is 9.60. The zero-order chi connectivity index (χ0) is 14.5. The van der Waals surface area contributed by atoms with Gasteiger partial charge in [-0.1, -0.05) is 38.1 Å². The third-order valence-corrected chi connectivity index (χ3v) is 4.30. The smallest absolute Gasteiger partial charge is 0.165 e. The largest absolute Gasteiger partial charge is 0.304 e. The van der Waals surface area contributed by atoms with E-state index in [0.29, 0.717) is 0 Å². The fourth-order valence-corrected chi connectivity index (χ4v) is 2.51. The van der Waals surface area contributed by atoms with Crippen molar-refractivity contribution in [2.45, 2.75) is 26.8 Å². The SMILES string of the molecule is CCC(C)C(=O)c1ccc(CN2CCN(C)CC2)cc1. The Bertz CT molecular complexity index is 433. The Morgan fingerprint density at radius 1 is 1.15 bits per heavy atom. The molecule has 3 nitrogen and oxygen atoms in total. The molecule has 0 saturated carbocycles. The average molecular weight is 274 g/mol. The second kappa shape index (κ2) is 7.00. The van der Waals surface area contributed by atoms with Crippen molar-refractivity contribution in [3.8, 4) is 0 Å². The first-order valence-electron chi connectivity index (χ1n) is 7.64. The molecule has 1 unspecified atom stereocenters. The summed E-state index contributed by atoms with van der Waals surface area (Å²) < 4.78 is 0. The molecule has 0 radical (unpaired) electrons. The minimum Gasteiger partial charge on any atom is -0.304 e. The van der Waals surface area contributed by atoms with Crippen molar-refractivity contribution < 1.29 is 4.79 Å². The molecule has 0 spiro atoms. The maximum Gasteiger partial charge on any atom is 0.165 e. The fourth-order valence-electron chi connectivity index (χ4n) is 2.51. The quantitative estimate of drug-likeness (QED) is 0.771. The van der Waals surface area contributed by atoms with Gasteiger partial charge in [0.25, 0.3) is 0 Å². The van der Waals surface area contributed by atoms with Gasteiger partial charge < -0.3 is 4.90 Å². The number of benzene rings is 1. The van der Waals surface area contributed by atoms with Crippen LogP contribution < -0.4 is 0 Å². The van der Waals surface area contributed by atoms with Gasteiger partial charge in [-0.15, -0.1) is 0 Å². The lowest BCUT2D eigenvalue weighted by Crippen LogP contribution is -2.43. The number of carbonyl (C=O) groups excluding carboxylic acids is 1. The zero-order valence-corrected chi connectivity index (χ0v) is 12.9. The summed E-state index contributed by atoms with van der Waals surface area (Å²) in [4.78, 5) is 16.9. The van der Waals surface area contributed by atoms with Gasteiger partial charge in [0.15, 0.2) is 5.78 Å². The van der Waals surface area contributed by atoms with Gasteiger partial charge >= 0.3 is 0 Å². The molecule has 1 fully saturated rings. The van der Waals surface area contributed by atoms with Crippen molar-refractivity contribution in [3.63, 3.8) is 0 Å². The molecular weight excluding hydrogens is 248 g/mol. The van der Waals surface area contributed by atoms with E-state index in [0.717, 1.165) is 44.7 Å². The zero-order valence-electron chi connectivity index (χ0n) is 12.9. The summed E-state index contributed by atoms with van der Waals surface area (Å²) in [5.41, 5.74) is 2.15. The van der Waals surface area contributed by atoms with Crippen LogP contribution in [0.5, 0.6) is 0 Å². The standard InChI is InChI=1S/C17H26N2O/c1-4-14(2)17(20)16-7-5-15(6-8-16)13-19-11-9-18(3)10-12-19/h5-8,14H,4,9-13H2,1-3H3. The van der Waals surface area contributed by atoms with E-state index in [9.17, 15) is 4.79 Å². The van der Waals surface area contributed by atoms with Crippen LogP contribution in [0.3, 0.4) is 0 Å².